The molecule has 0 fully saturated rings. The summed E-state index contributed by atoms with van der Waals surface area (Å²) in [6.07, 6.45) is 0. The van der Waals surface area contributed by atoms with Crippen molar-refractivity contribution < 1.29 is 4.21 Å². The van der Waals surface area contributed by atoms with Gasteiger partial charge in [-0.15, -0.1) is 0 Å². The lowest BCUT2D eigenvalue weighted by atomic mass is 10.1. The molecule has 0 amide bonds. The van der Waals surface area contributed by atoms with Crippen molar-refractivity contribution in [3.05, 3.63) is 34.9 Å². The van der Waals surface area contributed by atoms with Gasteiger partial charge in [0.1, 0.15) is 0 Å². The largest absolute Gasteiger partial charge is 0.312 e. The van der Waals surface area contributed by atoms with E-state index in [1.807, 2.05) is 6.92 Å². The molecule has 1 atom stereocenters. The van der Waals surface area contributed by atoms with Crippen LogP contribution in [0.5, 0.6) is 0 Å². The van der Waals surface area contributed by atoms with Gasteiger partial charge >= 0.3 is 0 Å². The molecule has 0 aromatic heterocycles. The summed E-state index contributed by atoms with van der Waals surface area (Å²) in [7, 11) is -0.655. The van der Waals surface area contributed by atoms with Crippen LogP contribution in [-0.2, 0) is 17.3 Å². The first-order valence-corrected chi connectivity index (χ1v) is 7.24. The minimum Gasteiger partial charge on any atom is -0.312 e. The van der Waals surface area contributed by atoms with Gasteiger partial charge in [-0.1, -0.05) is 25.1 Å². The maximum Gasteiger partial charge on any atom is 0.0360 e. The summed E-state index contributed by atoms with van der Waals surface area (Å²) in [5.41, 5.74) is 3.96. The molecule has 3 heteroatoms. The molecule has 0 bridgehead atoms. The summed E-state index contributed by atoms with van der Waals surface area (Å²) in [6, 6.07) is 6.50. The van der Waals surface area contributed by atoms with E-state index in [1.54, 1.807) is 0 Å². The molecule has 0 spiro atoms. The topological polar surface area (TPSA) is 29.1 Å². The Hall–Kier alpha value is -0.670. The second-order valence-electron chi connectivity index (χ2n) is 4.03. The quantitative estimate of drug-likeness (QED) is 0.771. The van der Waals surface area contributed by atoms with Crippen LogP contribution in [0.25, 0.3) is 0 Å². The highest BCUT2D eigenvalue weighted by atomic mass is 32.2. The summed E-state index contributed by atoms with van der Waals surface area (Å²) >= 11 is 0. The molecule has 1 aromatic rings. The predicted molar refractivity (Wildman–Crippen MR) is 71.2 cm³/mol. The van der Waals surface area contributed by atoms with Gasteiger partial charge in [0.05, 0.1) is 0 Å². The summed E-state index contributed by atoms with van der Waals surface area (Å²) in [5.74, 6) is 1.51. The van der Waals surface area contributed by atoms with E-state index >= 15 is 0 Å². The van der Waals surface area contributed by atoms with Crippen molar-refractivity contribution in [3.63, 3.8) is 0 Å². The highest BCUT2D eigenvalue weighted by Gasteiger charge is 1.98. The smallest absolute Gasteiger partial charge is 0.0360 e. The van der Waals surface area contributed by atoms with E-state index in [4.69, 9.17) is 0 Å². The predicted octanol–water partition coefficient (Wildman–Crippen LogP) is 2.16. The molecule has 1 N–H and O–H groups in total. The van der Waals surface area contributed by atoms with Gasteiger partial charge in [-0.3, -0.25) is 4.21 Å². The number of benzene rings is 1. The second kappa shape index (κ2) is 6.81. The van der Waals surface area contributed by atoms with Crippen LogP contribution in [0, 0.1) is 13.8 Å². The molecule has 0 saturated heterocycles. The van der Waals surface area contributed by atoms with Crippen molar-refractivity contribution in [2.75, 3.05) is 18.1 Å². The molecule has 1 aromatic carbocycles. The first kappa shape index (κ1) is 13.4. The number of nitrogens with one attached hydrogen (secondary N) is 1. The standard InChI is InChI=1S/C13H21NOS/c1-4-16(15)8-7-14-10-13-6-5-11(2)12(3)9-13/h5-6,9,14H,4,7-8,10H2,1-3H3. The van der Waals surface area contributed by atoms with Crippen molar-refractivity contribution in [1.29, 1.82) is 0 Å². The van der Waals surface area contributed by atoms with Crippen molar-refractivity contribution in [3.8, 4) is 0 Å². The molecule has 1 unspecified atom stereocenters. The van der Waals surface area contributed by atoms with Gasteiger partial charge in [0, 0.05) is 35.4 Å². The zero-order valence-electron chi connectivity index (χ0n) is 10.4. The molecular formula is C13H21NOS. The average molecular weight is 239 g/mol. The van der Waals surface area contributed by atoms with Crippen LogP contribution in [0.3, 0.4) is 0 Å². The molecule has 16 heavy (non-hydrogen) atoms. The molecule has 0 aliphatic heterocycles. The van der Waals surface area contributed by atoms with Crippen LogP contribution in [-0.4, -0.2) is 22.3 Å². The van der Waals surface area contributed by atoms with E-state index in [9.17, 15) is 4.21 Å². The Labute approximate surface area is 101 Å². The van der Waals surface area contributed by atoms with Crippen LogP contribution in [0.4, 0.5) is 0 Å². The number of rotatable bonds is 6. The molecule has 0 saturated carbocycles. The van der Waals surface area contributed by atoms with E-state index in [2.05, 4.69) is 37.4 Å². The Balaban J connectivity index is 2.32. The van der Waals surface area contributed by atoms with Crippen LogP contribution in [0.1, 0.15) is 23.6 Å². The van der Waals surface area contributed by atoms with E-state index in [1.165, 1.54) is 16.7 Å². The molecule has 90 valence electrons. The Kier molecular flexibility index (Phi) is 5.71. The lowest BCUT2D eigenvalue weighted by Crippen LogP contribution is -2.20. The van der Waals surface area contributed by atoms with Crippen LogP contribution in [0.15, 0.2) is 18.2 Å². The third kappa shape index (κ3) is 4.45. The highest BCUT2D eigenvalue weighted by molar-refractivity contribution is 7.84. The average Bonchev–Trinajstić information content (AvgIpc) is 2.28. The molecule has 1 rings (SSSR count). The molecule has 0 heterocycles. The fourth-order valence-electron chi connectivity index (χ4n) is 1.48. The minimum absolute atomic E-state index is 0.655. The number of hydrogen-bond donors (Lipinski definition) is 1. The number of hydrogen-bond acceptors (Lipinski definition) is 2. The molecular weight excluding hydrogens is 218 g/mol. The van der Waals surface area contributed by atoms with Crippen molar-refractivity contribution in [2.45, 2.75) is 27.3 Å². The second-order valence-corrected chi connectivity index (χ2v) is 5.89. The molecule has 2 nitrogen and oxygen atoms in total. The Morgan fingerprint density at radius 2 is 2.00 bits per heavy atom. The lowest BCUT2D eigenvalue weighted by Gasteiger charge is -2.07. The monoisotopic (exact) mass is 239 g/mol. The maximum atomic E-state index is 11.2. The third-order valence-electron chi connectivity index (χ3n) is 2.73. The van der Waals surface area contributed by atoms with Gasteiger partial charge in [-0.05, 0) is 30.5 Å². The van der Waals surface area contributed by atoms with Crippen molar-refractivity contribution in [1.82, 2.24) is 5.32 Å². The normalized spacial score (nSPS) is 12.7. The summed E-state index contributed by atoms with van der Waals surface area (Å²) in [5, 5.41) is 3.32. The Morgan fingerprint density at radius 3 is 2.62 bits per heavy atom. The van der Waals surface area contributed by atoms with Gasteiger partial charge in [0.25, 0.3) is 0 Å². The first-order valence-electron chi connectivity index (χ1n) is 5.75. The van der Waals surface area contributed by atoms with Crippen molar-refractivity contribution >= 4 is 10.8 Å². The molecule has 0 radical (unpaired) electrons. The van der Waals surface area contributed by atoms with E-state index < -0.39 is 10.8 Å². The van der Waals surface area contributed by atoms with Crippen molar-refractivity contribution in [2.24, 2.45) is 0 Å². The Bertz CT molecular complexity index is 363. The zero-order valence-corrected chi connectivity index (χ0v) is 11.2. The fourth-order valence-corrected chi connectivity index (χ4v) is 2.14. The fraction of sp³-hybridized carbons (Fsp3) is 0.538. The molecule has 0 aliphatic rings. The Morgan fingerprint density at radius 1 is 1.25 bits per heavy atom. The minimum atomic E-state index is -0.655. The van der Waals surface area contributed by atoms with Crippen LogP contribution in [0.2, 0.25) is 0 Å². The SMILES string of the molecule is CCS(=O)CCNCc1ccc(C)c(C)c1. The molecule has 0 aliphatic carbocycles. The summed E-state index contributed by atoms with van der Waals surface area (Å²) in [4.78, 5) is 0. The van der Waals surface area contributed by atoms with E-state index in [-0.39, 0.29) is 0 Å². The van der Waals surface area contributed by atoms with Gasteiger partial charge in [-0.2, -0.15) is 0 Å². The summed E-state index contributed by atoms with van der Waals surface area (Å²) in [6.45, 7) is 7.90. The third-order valence-corrected chi connectivity index (χ3v) is 4.03. The van der Waals surface area contributed by atoms with Gasteiger partial charge < -0.3 is 5.32 Å². The van der Waals surface area contributed by atoms with E-state index in [0.717, 1.165) is 24.6 Å². The maximum absolute atomic E-state index is 11.2. The lowest BCUT2D eigenvalue weighted by molar-refractivity contribution is 0.674. The highest BCUT2D eigenvalue weighted by Crippen LogP contribution is 2.09. The zero-order chi connectivity index (χ0) is 12.0. The number of aryl methyl sites for hydroxylation is 2. The van der Waals surface area contributed by atoms with Crippen LogP contribution < -0.4 is 5.32 Å². The van der Waals surface area contributed by atoms with Gasteiger partial charge in [-0.25, -0.2) is 0 Å². The van der Waals surface area contributed by atoms with E-state index in [0.29, 0.717) is 0 Å². The summed E-state index contributed by atoms with van der Waals surface area (Å²) < 4.78 is 11.2. The van der Waals surface area contributed by atoms with Gasteiger partial charge in [0.15, 0.2) is 0 Å². The first-order chi connectivity index (χ1) is 7.63. The van der Waals surface area contributed by atoms with Crippen LogP contribution >= 0.6 is 0 Å². The van der Waals surface area contributed by atoms with Gasteiger partial charge in [0.2, 0.25) is 0 Å².